The molecule has 9 nitrogen and oxygen atoms in total. The molecular weight excluding hydrogens is 429 g/mol. The standard InChI is InChI=1S/C20H18FN3O6S/c1-23(10-12-6-13(31-3)4-5-15(12)21)20(27)14(9-22)18(25)11-7-16(24(28)29)19(26)17(8-11)30-2/h4-8,25-26H,10H2,1-3H3/b18-14-. The van der Waals surface area contributed by atoms with Crippen LogP contribution in [0.25, 0.3) is 5.76 Å². The molecule has 2 N–H and O–H groups in total. The average Bonchev–Trinajstić information content (AvgIpc) is 2.75. The molecule has 0 aliphatic heterocycles. The number of hydrogen-bond donors (Lipinski definition) is 2. The van der Waals surface area contributed by atoms with E-state index < -0.39 is 39.4 Å². The Hall–Kier alpha value is -3.78. The number of ether oxygens (including phenoxy) is 1. The zero-order chi connectivity index (χ0) is 23.3. The second-order valence-electron chi connectivity index (χ2n) is 6.26. The van der Waals surface area contributed by atoms with E-state index in [0.29, 0.717) is 0 Å². The van der Waals surface area contributed by atoms with E-state index >= 15 is 0 Å². The summed E-state index contributed by atoms with van der Waals surface area (Å²) in [5.41, 5.74) is -1.57. The molecule has 0 atom stereocenters. The number of aromatic hydroxyl groups is 1. The molecule has 162 valence electrons. The lowest BCUT2D eigenvalue weighted by atomic mass is 10.1. The number of carbonyl (C=O) groups excluding carboxylic acids is 1. The highest BCUT2D eigenvalue weighted by molar-refractivity contribution is 7.98. The number of nitrogens with zero attached hydrogens (tertiary/aromatic N) is 3. The first-order chi connectivity index (χ1) is 14.6. The number of phenols is 1. The molecule has 0 aromatic heterocycles. The van der Waals surface area contributed by atoms with Crippen molar-refractivity contribution >= 4 is 29.1 Å². The number of nitro groups is 1. The molecule has 2 rings (SSSR count). The molecular formula is C20H18FN3O6S. The lowest BCUT2D eigenvalue weighted by Crippen LogP contribution is -2.28. The van der Waals surface area contributed by atoms with Crippen molar-refractivity contribution in [3.05, 3.63) is 63.0 Å². The molecule has 2 aromatic carbocycles. The van der Waals surface area contributed by atoms with Gasteiger partial charge in [0.1, 0.15) is 17.6 Å². The van der Waals surface area contributed by atoms with Crippen LogP contribution in [-0.2, 0) is 11.3 Å². The summed E-state index contributed by atoms with van der Waals surface area (Å²) in [6.45, 7) is -0.184. The van der Waals surface area contributed by atoms with Crippen LogP contribution >= 0.6 is 11.8 Å². The Labute approximate surface area is 181 Å². The Morgan fingerprint density at radius 2 is 2.06 bits per heavy atom. The predicted octanol–water partition coefficient (Wildman–Crippen LogP) is 3.62. The first-order valence-corrected chi connectivity index (χ1v) is 9.84. The fourth-order valence-electron chi connectivity index (χ4n) is 2.69. The number of nitriles is 1. The van der Waals surface area contributed by atoms with Gasteiger partial charge < -0.3 is 19.8 Å². The maximum atomic E-state index is 14.1. The zero-order valence-electron chi connectivity index (χ0n) is 16.7. The Balaban J connectivity index is 2.46. The number of phenolic OH excluding ortho intramolecular Hbond substituents is 1. The third-order valence-corrected chi connectivity index (χ3v) is 5.04. The summed E-state index contributed by atoms with van der Waals surface area (Å²) >= 11 is 1.39. The van der Waals surface area contributed by atoms with Gasteiger partial charge in [-0.3, -0.25) is 14.9 Å². The Kier molecular flexibility index (Phi) is 7.44. The number of hydrogen-bond acceptors (Lipinski definition) is 8. The monoisotopic (exact) mass is 447 g/mol. The second-order valence-corrected chi connectivity index (χ2v) is 7.14. The van der Waals surface area contributed by atoms with E-state index in [2.05, 4.69) is 0 Å². The van der Waals surface area contributed by atoms with Crippen LogP contribution in [0.1, 0.15) is 11.1 Å². The number of likely N-dealkylation sites (N-methyl/N-ethyl adjacent to an activating group) is 1. The van der Waals surface area contributed by atoms with Crippen molar-refractivity contribution in [1.82, 2.24) is 4.90 Å². The number of thioether (sulfide) groups is 1. The predicted molar refractivity (Wildman–Crippen MR) is 111 cm³/mol. The fraction of sp³-hybridized carbons (Fsp3) is 0.200. The van der Waals surface area contributed by atoms with Gasteiger partial charge in [0.05, 0.1) is 12.0 Å². The van der Waals surface area contributed by atoms with Gasteiger partial charge in [-0.1, -0.05) is 0 Å². The van der Waals surface area contributed by atoms with Gasteiger partial charge in [-0.25, -0.2) is 4.39 Å². The van der Waals surface area contributed by atoms with Gasteiger partial charge in [-0.2, -0.15) is 5.26 Å². The number of amides is 1. The SMILES string of the molecule is COc1cc(/C(O)=C(\C#N)C(=O)N(C)Cc2cc(SC)ccc2F)cc([N+](=O)[O-])c1O. The molecule has 0 bridgehead atoms. The normalized spacial score (nSPS) is 11.3. The van der Waals surface area contributed by atoms with Crippen LogP contribution in [0.2, 0.25) is 0 Å². The van der Waals surface area contributed by atoms with Crippen LogP contribution in [0.15, 0.2) is 40.8 Å². The van der Waals surface area contributed by atoms with E-state index in [-0.39, 0.29) is 23.4 Å². The summed E-state index contributed by atoms with van der Waals surface area (Å²) in [6, 6.07) is 7.84. The summed E-state index contributed by atoms with van der Waals surface area (Å²) in [5, 5.41) is 40.9. The number of nitro benzene ring substituents is 1. The van der Waals surface area contributed by atoms with Gasteiger partial charge in [0.2, 0.25) is 5.75 Å². The molecule has 0 saturated heterocycles. The first-order valence-electron chi connectivity index (χ1n) is 8.61. The number of benzene rings is 2. The number of halogens is 1. The van der Waals surface area contributed by atoms with Crippen molar-refractivity contribution in [3.8, 4) is 17.6 Å². The maximum absolute atomic E-state index is 14.1. The van der Waals surface area contributed by atoms with Crippen molar-refractivity contribution in [2.75, 3.05) is 20.4 Å². The smallest absolute Gasteiger partial charge is 0.315 e. The summed E-state index contributed by atoms with van der Waals surface area (Å²) in [6.07, 6.45) is 1.81. The summed E-state index contributed by atoms with van der Waals surface area (Å²) in [7, 11) is 2.46. The van der Waals surface area contributed by atoms with Crippen molar-refractivity contribution in [2.45, 2.75) is 11.4 Å². The third-order valence-electron chi connectivity index (χ3n) is 4.31. The minimum Gasteiger partial charge on any atom is -0.506 e. The number of carbonyl (C=O) groups is 1. The molecule has 0 spiro atoms. The summed E-state index contributed by atoms with van der Waals surface area (Å²) in [5.74, 6) is -3.41. The van der Waals surface area contributed by atoms with E-state index in [1.165, 1.54) is 24.9 Å². The van der Waals surface area contributed by atoms with Crippen LogP contribution < -0.4 is 4.74 Å². The van der Waals surface area contributed by atoms with Crippen LogP contribution in [0.3, 0.4) is 0 Å². The highest BCUT2D eigenvalue weighted by atomic mass is 32.2. The lowest BCUT2D eigenvalue weighted by molar-refractivity contribution is -0.386. The maximum Gasteiger partial charge on any atom is 0.315 e. The number of aliphatic hydroxyl groups is 1. The number of rotatable bonds is 7. The largest absolute Gasteiger partial charge is 0.506 e. The number of aliphatic hydroxyl groups excluding tert-OH is 1. The zero-order valence-corrected chi connectivity index (χ0v) is 17.6. The molecule has 0 saturated carbocycles. The molecule has 0 aliphatic carbocycles. The van der Waals surface area contributed by atoms with Crippen molar-refractivity contribution in [2.24, 2.45) is 0 Å². The fourth-order valence-corrected chi connectivity index (χ4v) is 3.15. The second kappa shape index (κ2) is 9.82. The Morgan fingerprint density at radius 3 is 2.61 bits per heavy atom. The van der Waals surface area contributed by atoms with Crippen LogP contribution in [-0.4, -0.2) is 46.4 Å². The van der Waals surface area contributed by atoms with E-state index in [4.69, 9.17) is 4.74 Å². The minimum atomic E-state index is -0.927. The molecule has 0 unspecified atom stereocenters. The van der Waals surface area contributed by atoms with Gasteiger partial charge in [0.15, 0.2) is 11.3 Å². The molecule has 0 fully saturated rings. The molecule has 11 heteroatoms. The van der Waals surface area contributed by atoms with Crippen LogP contribution in [0.4, 0.5) is 10.1 Å². The minimum absolute atomic E-state index is 0.184. The molecule has 31 heavy (non-hydrogen) atoms. The topological polar surface area (TPSA) is 137 Å². The molecule has 1 amide bonds. The quantitative estimate of drug-likeness (QED) is 0.164. The first kappa shape index (κ1) is 23.5. The molecule has 0 aliphatic rings. The Morgan fingerprint density at radius 1 is 1.39 bits per heavy atom. The van der Waals surface area contributed by atoms with E-state index in [0.717, 1.165) is 29.0 Å². The Bertz CT molecular complexity index is 1110. The van der Waals surface area contributed by atoms with Gasteiger partial charge in [0.25, 0.3) is 5.91 Å². The molecule has 2 aromatic rings. The van der Waals surface area contributed by atoms with Gasteiger partial charge in [0, 0.05) is 35.7 Å². The van der Waals surface area contributed by atoms with Gasteiger partial charge in [-0.05, 0) is 30.5 Å². The third kappa shape index (κ3) is 5.04. The molecule has 0 radical (unpaired) electrons. The summed E-state index contributed by atoms with van der Waals surface area (Å²) < 4.78 is 19.0. The van der Waals surface area contributed by atoms with E-state index in [1.807, 2.05) is 6.26 Å². The van der Waals surface area contributed by atoms with Crippen LogP contribution in [0.5, 0.6) is 11.5 Å². The average molecular weight is 447 g/mol. The highest BCUT2D eigenvalue weighted by Crippen LogP contribution is 2.38. The van der Waals surface area contributed by atoms with Crippen molar-refractivity contribution in [1.29, 1.82) is 5.26 Å². The van der Waals surface area contributed by atoms with Gasteiger partial charge in [-0.15, -0.1) is 11.8 Å². The van der Waals surface area contributed by atoms with E-state index in [1.54, 1.807) is 18.2 Å². The molecule has 0 heterocycles. The van der Waals surface area contributed by atoms with Crippen LogP contribution in [0, 0.1) is 27.3 Å². The van der Waals surface area contributed by atoms with Gasteiger partial charge >= 0.3 is 5.69 Å². The summed E-state index contributed by atoms with van der Waals surface area (Å²) in [4.78, 5) is 24.8. The highest BCUT2D eigenvalue weighted by Gasteiger charge is 2.26. The van der Waals surface area contributed by atoms with E-state index in [9.17, 15) is 34.8 Å². The lowest BCUT2D eigenvalue weighted by Gasteiger charge is -2.18. The van der Waals surface area contributed by atoms with Crippen molar-refractivity contribution < 1.29 is 29.1 Å². The van der Waals surface area contributed by atoms with Crippen molar-refractivity contribution in [3.63, 3.8) is 0 Å². The number of methoxy groups -OCH3 is 1.